The van der Waals surface area contributed by atoms with E-state index in [1.165, 1.54) is 12.0 Å². The summed E-state index contributed by atoms with van der Waals surface area (Å²) >= 11 is 0. The van der Waals surface area contributed by atoms with Gasteiger partial charge in [0.05, 0.1) is 6.10 Å². The first-order valence-corrected chi connectivity index (χ1v) is 8.10. The minimum Gasteiger partial charge on any atom is -0.387 e. The topological polar surface area (TPSA) is 32.3 Å². The SMILES string of the molecule is CCCCNC(C(C)C)C(O)c1ccc(CCC)cc1. The first-order chi connectivity index (χ1) is 9.60. The van der Waals surface area contributed by atoms with Gasteiger partial charge in [0.1, 0.15) is 0 Å². The molecular weight excluding hydrogens is 246 g/mol. The number of hydrogen-bond acceptors (Lipinski definition) is 2. The summed E-state index contributed by atoms with van der Waals surface area (Å²) in [6, 6.07) is 8.56. The van der Waals surface area contributed by atoms with Gasteiger partial charge in [-0.1, -0.05) is 64.8 Å². The Balaban J connectivity index is 2.69. The van der Waals surface area contributed by atoms with Gasteiger partial charge in [-0.05, 0) is 36.4 Å². The minimum absolute atomic E-state index is 0.124. The van der Waals surface area contributed by atoms with E-state index in [-0.39, 0.29) is 6.04 Å². The fourth-order valence-electron chi connectivity index (χ4n) is 2.53. The van der Waals surface area contributed by atoms with Crippen LogP contribution in [0.15, 0.2) is 24.3 Å². The molecule has 0 spiro atoms. The normalized spacial score (nSPS) is 14.5. The van der Waals surface area contributed by atoms with Crippen LogP contribution < -0.4 is 5.32 Å². The van der Waals surface area contributed by atoms with Gasteiger partial charge in [0, 0.05) is 6.04 Å². The van der Waals surface area contributed by atoms with Crippen LogP contribution in [0, 0.1) is 5.92 Å². The zero-order valence-corrected chi connectivity index (χ0v) is 13.5. The zero-order valence-electron chi connectivity index (χ0n) is 13.5. The summed E-state index contributed by atoms with van der Waals surface area (Å²) in [5.41, 5.74) is 2.37. The lowest BCUT2D eigenvalue weighted by molar-refractivity contribution is 0.105. The first-order valence-electron chi connectivity index (χ1n) is 8.10. The van der Waals surface area contributed by atoms with E-state index in [9.17, 15) is 5.11 Å². The number of benzene rings is 1. The molecule has 0 aliphatic carbocycles. The summed E-state index contributed by atoms with van der Waals surface area (Å²) in [7, 11) is 0. The summed E-state index contributed by atoms with van der Waals surface area (Å²) in [4.78, 5) is 0. The summed E-state index contributed by atoms with van der Waals surface area (Å²) in [6.45, 7) is 9.69. The third kappa shape index (κ3) is 5.26. The third-order valence-corrected chi connectivity index (χ3v) is 3.83. The average Bonchev–Trinajstić information content (AvgIpc) is 2.44. The molecule has 2 atom stereocenters. The Morgan fingerprint density at radius 1 is 1.05 bits per heavy atom. The Morgan fingerprint density at radius 2 is 1.70 bits per heavy atom. The molecule has 1 aromatic rings. The van der Waals surface area contributed by atoms with Crippen LogP contribution in [0.1, 0.15) is 64.2 Å². The van der Waals surface area contributed by atoms with Gasteiger partial charge in [-0.2, -0.15) is 0 Å². The molecule has 2 unspecified atom stereocenters. The number of aryl methyl sites for hydroxylation is 1. The number of hydrogen-bond donors (Lipinski definition) is 2. The van der Waals surface area contributed by atoms with Gasteiger partial charge < -0.3 is 10.4 Å². The quantitative estimate of drug-likeness (QED) is 0.666. The lowest BCUT2D eigenvalue weighted by atomic mass is 9.92. The highest BCUT2D eigenvalue weighted by molar-refractivity contribution is 5.25. The molecule has 1 rings (SSSR count). The van der Waals surface area contributed by atoms with Crippen LogP contribution >= 0.6 is 0 Å². The Hall–Kier alpha value is -0.860. The van der Waals surface area contributed by atoms with Crippen molar-refractivity contribution in [3.63, 3.8) is 0 Å². The monoisotopic (exact) mass is 277 g/mol. The van der Waals surface area contributed by atoms with Crippen molar-refractivity contribution >= 4 is 0 Å². The summed E-state index contributed by atoms with van der Waals surface area (Å²) in [6.07, 6.45) is 4.18. The standard InChI is InChI=1S/C18H31NO/c1-5-7-13-19-17(14(3)4)18(20)16-11-9-15(8-6-2)10-12-16/h9-12,14,17-20H,5-8,13H2,1-4H3. The van der Waals surface area contributed by atoms with Crippen LogP contribution in [0.5, 0.6) is 0 Å². The number of aliphatic hydroxyl groups excluding tert-OH is 1. The Bertz CT molecular complexity index is 358. The maximum absolute atomic E-state index is 10.6. The minimum atomic E-state index is -0.428. The molecule has 0 radical (unpaired) electrons. The molecule has 0 saturated carbocycles. The van der Waals surface area contributed by atoms with Crippen molar-refractivity contribution in [2.24, 2.45) is 5.92 Å². The Morgan fingerprint density at radius 3 is 2.20 bits per heavy atom. The van der Waals surface area contributed by atoms with E-state index >= 15 is 0 Å². The van der Waals surface area contributed by atoms with Crippen molar-refractivity contribution in [1.29, 1.82) is 0 Å². The smallest absolute Gasteiger partial charge is 0.0945 e. The fraction of sp³-hybridized carbons (Fsp3) is 0.667. The molecule has 0 bridgehead atoms. The highest BCUT2D eigenvalue weighted by Gasteiger charge is 2.23. The summed E-state index contributed by atoms with van der Waals surface area (Å²) in [5, 5.41) is 14.1. The molecule has 1 aromatic carbocycles. The Kier molecular flexibility index (Phi) is 7.86. The molecule has 2 heteroatoms. The molecule has 20 heavy (non-hydrogen) atoms. The van der Waals surface area contributed by atoms with E-state index in [4.69, 9.17) is 0 Å². The second-order valence-corrected chi connectivity index (χ2v) is 6.01. The summed E-state index contributed by atoms with van der Waals surface area (Å²) < 4.78 is 0. The van der Waals surface area contributed by atoms with Crippen LogP contribution in [0.25, 0.3) is 0 Å². The van der Waals surface area contributed by atoms with Gasteiger partial charge in [0.2, 0.25) is 0 Å². The first kappa shape index (κ1) is 17.2. The molecule has 0 aliphatic rings. The van der Waals surface area contributed by atoms with Crippen molar-refractivity contribution in [3.8, 4) is 0 Å². The van der Waals surface area contributed by atoms with Crippen molar-refractivity contribution in [1.82, 2.24) is 5.32 Å². The van der Waals surface area contributed by atoms with Crippen molar-refractivity contribution in [2.45, 2.75) is 65.5 Å². The van der Waals surface area contributed by atoms with Crippen LogP contribution in [0.4, 0.5) is 0 Å². The zero-order chi connectivity index (χ0) is 15.0. The van der Waals surface area contributed by atoms with Crippen LogP contribution in [0.2, 0.25) is 0 Å². The van der Waals surface area contributed by atoms with Crippen LogP contribution in [-0.2, 0) is 6.42 Å². The van der Waals surface area contributed by atoms with Gasteiger partial charge in [0.15, 0.2) is 0 Å². The van der Waals surface area contributed by atoms with Crippen molar-refractivity contribution < 1.29 is 5.11 Å². The molecule has 0 aromatic heterocycles. The van der Waals surface area contributed by atoms with Gasteiger partial charge in [-0.15, -0.1) is 0 Å². The van der Waals surface area contributed by atoms with Crippen molar-refractivity contribution in [3.05, 3.63) is 35.4 Å². The van der Waals surface area contributed by atoms with E-state index in [2.05, 4.69) is 57.3 Å². The number of unbranched alkanes of at least 4 members (excludes halogenated alkanes) is 1. The van der Waals surface area contributed by atoms with Crippen molar-refractivity contribution in [2.75, 3.05) is 6.54 Å². The van der Waals surface area contributed by atoms with Crippen LogP contribution in [0.3, 0.4) is 0 Å². The lowest BCUT2D eigenvalue weighted by Crippen LogP contribution is -2.39. The fourth-order valence-corrected chi connectivity index (χ4v) is 2.53. The third-order valence-electron chi connectivity index (χ3n) is 3.83. The predicted octanol–water partition coefficient (Wildman–Crippen LogP) is 4.09. The molecule has 0 heterocycles. The van der Waals surface area contributed by atoms with E-state index in [1.54, 1.807) is 0 Å². The average molecular weight is 277 g/mol. The van der Waals surface area contributed by atoms with Gasteiger partial charge >= 0.3 is 0 Å². The Labute approximate surface area is 124 Å². The molecular formula is C18H31NO. The largest absolute Gasteiger partial charge is 0.387 e. The molecule has 0 saturated heterocycles. The second kappa shape index (κ2) is 9.15. The van der Waals surface area contributed by atoms with E-state index in [0.717, 1.165) is 31.4 Å². The van der Waals surface area contributed by atoms with Crippen LogP contribution in [-0.4, -0.2) is 17.7 Å². The number of aliphatic hydroxyl groups is 1. The maximum Gasteiger partial charge on any atom is 0.0945 e. The van der Waals surface area contributed by atoms with E-state index in [0.29, 0.717) is 5.92 Å². The molecule has 2 nitrogen and oxygen atoms in total. The molecule has 0 aliphatic heterocycles. The molecule has 0 fully saturated rings. The van der Waals surface area contributed by atoms with E-state index in [1.807, 2.05) is 0 Å². The number of nitrogens with one attached hydrogen (secondary N) is 1. The summed E-state index contributed by atoms with van der Waals surface area (Å²) in [5.74, 6) is 0.414. The molecule has 0 amide bonds. The van der Waals surface area contributed by atoms with Gasteiger partial charge in [0.25, 0.3) is 0 Å². The number of rotatable bonds is 9. The second-order valence-electron chi connectivity index (χ2n) is 6.01. The van der Waals surface area contributed by atoms with Gasteiger partial charge in [-0.25, -0.2) is 0 Å². The van der Waals surface area contributed by atoms with E-state index < -0.39 is 6.10 Å². The maximum atomic E-state index is 10.6. The van der Waals surface area contributed by atoms with Gasteiger partial charge in [-0.3, -0.25) is 0 Å². The lowest BCUT2D eigenvalue weighted by Gasteiger charge is -2.28. The highest BCUT2D eigenvalue weighted by Crippen LogP contribution is 2.22. The highest BCUT2D eigenvalue weighted by atomic mass is 16.3. The molecule has 114 valence electrons. The molecule has 2 N–H and O–H groups in total. The predicted molar refractivity (Wildman–Crippen MR) is 86.9 cm³/mol.